The van der Waals surface area contributed by atoms with Gasteiger partial charge in [-0.15, -0.1) is 0 Å². The van der Waals surface area contributed by atoms with Crippen LogP contribution in [0, 0.1) is 0 Å². The van der Waals surface area contributed by atoms with E-state index in [1.165, 1.54) is 32.1 Å². The van der Waals surface area contributed by atoms with Crippen molar-refractivity contribution in [3.05, 3.63) is 0 Å². The lowest BCUT2D eigenvalue weighted by molar-refractivity contribution is -0.144. The van der Waals surface area contributed by atoms with Crippen molar-refractivity contribution in [1.29, 1.82) is 0 Å². The van der Waals surface area contributed by atoms with Gasteiger partial charge in [-0.1, -0.05) is 52.9 Å². The van der Waals surface area contributed by atoms with Gasteiger partial charge >= 0.3 is 11.9 Å². The van der Waals surface area contributed by atoms with Gasteiger partial charge in [0.2, 0.25) is 0 Å². The highest BCUT2D eigenvalue weighted by molar-refractivity contribution is 5.68. The summed E-state index contributed by atoms with van der Waals surface area (Å²) in [5, 5.41) is 0. The Bertz CT molecular complexity index is 213. The molecule has 0 aliphatic heterocycles. The third-order valence-electron chi connectivity index (χ3n) is 2.47. The Labute approximate surface area is 116 Å². The molecule has 0 unspecified atom stereocenters. The van der Waals surface area contributed by atoms with E-state index in [0.717, 1.165) is 6.42 Å². The molecule has 0 aliphatic rings. The molecule has 0 heterocycles. The lowest BCUT2D eigenvalue weighted by Crippen LogP contribution is -2.07. The van der Waals surface area contributed by atoms with Gasteiger partial charge in [0, 0.05) is 12.8 Å². The summed E-state index contributed by atoms with van der Waals surface area (Å²) in [4.78, 5) is 24.3. The van der Waals surface area contributed by atoms with Crippen LogP contribution in [0.4, 0.5) is 0 Å². The third kappa shape index (κ3) is 19.4. The largest absolute Gasteiger partial charge is 0.466 e. The molecule has 19 heavy (non-hydrogen) atoms. The van der Waals surface area contributed by atoms with Crippen molar-refractivity contribution in [3.63, 3.8) is 0 Å². The summed E-state index contributed by atoms with van der Waals surface area (Å²) in [6.45, 7) is 6.32. The van der Waals surface area contributed by atoms with Crippen LogP contribution in [0.15, 0.2) is 0 Å². The van der Waals surface area contributed by atoms with E-state index in [9.17, 15) is 9.59 Å². The van der Waals surface area contributed by atoms with Crippen LogP contribution in [0.25, 0.3) is 0 Å². The molecule has 0 radical (unpaired) electrons. The molecule has 2 N–H and O–H groups in total. The lowest BCUT2D eigenvalue weighted by atomic mass is 10.1. The molecule has 0 saturated heterocycles. The molecule has 0 aromatic carbocycles. The van der Waals surface area contributed by atoms with Crippen LogP contribution in [-0.2, 0) is 19.2 Å². The van der Waals surface area contributed by atoms with E-state index in [0.29, 0.717) is 19.4 Å². The minimum atomic E-state index is -0.380. The number of hydrogen-bond donors (Lipinski definition) is 1. The fourth-order valence-electron chi connectivity index (χ4n) is 1.25. The molecular formula is C14H29NO4. The van der Waals surface area contributed by atoms with Crippen LogP contribution in [0.3, 0.4) is 0 Å². The first kappa shape index (κ1) is 20.2. The normalized spacial score (nSPS) is 9.26. The predicted octanol–water partition coefficient (Wildman–Crippen LogP) is 3.11. The second-order valence-corrected chi connectivity index (χ2v) is 4.19. The quantitative estimate of drug-likeness (QED) is 0.397. The standard InChI is InChI=1S/C11H22O2.C3H7NO2/c1-3-5-6-7-8-9-10-13-11(12)4-2;1-2-3(5)6-4/h3-10H2,1-2H3;2,4H2,1H3. The Kier molecular flexibility index (Phi) is 18.0. The van der Waals surface area contributed by atoms with Gasteiger partial charge in [0.15, 0.2) is 0 Å². The number of ether oxygens (including phenoxy) is 1. The fourth-order valence-corrected chi connectivity index (χ4v) is 1.25. The molecule has 0 spiro atoms. The van der Waals surface area contributed by atoms with Gasteiger partial charge in [-0.2, -0.15) is 5.90 Å². The van der Waals surface area contributed by atoms with Crippen molar-refractivity contribution in [2.24, 2.45) is 5.90 Å². The van der Waals surface area contributed by atoms with Gasteiger partial charge in [-0.05, 0) is 6.42 Å². The van der Waals surface area contributed by atoms with E-state index >= 15 is 0 Å². The van der Waals surface area contributed by atoms with Gasteiger partial charge < -0.3 is 9.57 Å². The van der Waals surface area contributed by atoms with E-state index in [-0.39, 0.29) is 11.9 Å². The van der Waals surface area contributed by atoms with Crippen molar-refractivity contribution in [3.8, 4) is 0 Å². The molecular weight excluding hydrogens is 246 g/mol. The second-order valence-electron chi connectivity index (χ2n) is 4.19. The summed E-state index contributed by atoms with van der Waals surface area (Å²) in [6.07, 6.45) is 8.26. The first-order chi connectivity index (χ1) is 9.12. The zero-order valence-electron chi connectivity index (χ0n) is 12.6. The first-order valence-corrected chi connectivity index (χ1v) is 7.17. The number of esters is 1. The molecule has 0 atom stereocenters. The van der Waals surface area contributed by atoms with E-state index in [2.05, 4.69) is 17.7 Å². The molecule has 0 aliphatic carbocycles. The molecule has 0 fully saturated rings. The highest BCUT2D eigenvalue weighted by Crippen LogP contribution is 2.04. The van der Waals surface area contributed by atoms with E-state index < -0.39 is 0 Å². The van der Waals surface area contributed by atoms with Gasteiger partial charge in [0.1, 0.15) is 0 Å². The SMILES string of the molecule is CCC(=O)ON.CCCCCCCCOC(=O)CC. The second kappa shape index (κ2) is 16.9. The number of rotatable bonds is 9. The van der Waals surface area contributed by atoms with E-state index in [1.54, 1.807) is 6.92 Å². The van der Waals surface area contributed by atoms with Gasteiger partial charge in [0.05, 0.1) is 6.61 Å². The molecule has 0 saturated carbocycles. The number of carbonyl (C=O) groups excluding carboxylic acids is 2. The number of carbonyl (C=O) groups is 2. The zero-order valence-corrected chi connectivity index (χ0v) is 12.6. The van der Waals surface area contributed by atoms with Crippen LogP contribution < -0.4 is 5.90 Å². The average molecular weight is 275 g/mol. The lowest BCUT2D eigenvalue weighted by Gasteiger charge is -2.02. The summed E-state index contributed by atoms with van der Waals surface area (Å²) >= 11 is 0. The minimum Gasteiger partial charge on any atom is -0.466 e. The highest BCUT2D eigenvalue weighted by Gasteiger charge is 1.96. The van der Waals surface area contributed by atoms with Gasteiger partial charge in [0.25, 0.3) is 0 Å². The van der Waals surface area contributed by atoms with E-state index in [4.69, 9.17) is 4.74 Å². The van der Waals surface area contributed by atoms with Crippen molar-refractivity contribution in [2.75, 3.05) is 6.61 Å². The monoisotopic (exact) mass is 275 g/mol. The number of unbranched alkanes of at least 4 members (excludes halogenated alkanes) is 5. The first-order valence-electron chi connectivity index (χ1n) is 7.17. The summed E-state index contributed by atoms with van der Waals surface area (Å²) in [7, 11) is 0. The molecule has 0 bridgehead atoms. The van der Waals surface area contributed by atoms with Crippen LogP contribution in [-0.4, -0.2) is 18.5 Å². The molecule has 0 rings (SSSR count). The van der Waals surface area contributed by atoms with Gasteiger partial charge in [-0.3, -0.25) is 9.59 Å². The van der Waals surface area contributed by atoms with Crippen molar-refractivity contribution < 1.29 is 19.2 Å². The van der Waals surface area contributed by atoms with E-state index in [1.807, 2.05) is 6.92 Å². The minimum absolute atomic E-state index is 0.0754. The van der Waals surface area contributed by atoms with Crippen molar-refractivity contribution in [2.45, 2.75) is 72.1 Å². The Hall–Kier alpha value is -1.10. The predicted molar refractivity (Wildman–Crippen MR) is 75.2 cm³/mol. The van der Waals surface area contributed by atoms with Crippen LogP contribution >= 0.6 is 0 Å². The summed E-state index contributed by atoms with van der Waals surface area (Å²) < 4.78 is 4.96. The average Bonchev–Trinajstić information content (AvgIpc) is 2.45. The molecule has 0 aromatic rings. The third-order valence-corrected chi connectivity index (χ3v) is 2.47. The zero-order chi connectivity index (χ0) is 14.9. The number of hydrogen-bond acceptors (Lipinski definition) is 5. The topological polar surface area (TPSA) is 78.6 Å². The molecule has 0 amide bonds. The highest BCUT2D eigenvalue weighted by atomic mass is 16.7. The number of nitrogens with two attached hydrogens (primary N) is 1. The Morgan fingerprint density at radius 2 is 1.37 bits per heavy atom. The van der Waals surface area contributed by atoms with Crippen LogP contribution in [0.2, 0.25) is 0 Å². The maximum atomic E-state index is 10.7. The van der Waals surface area contributed by atoms with Gasteiger partial charge in [-0.25, -0.2) is 0 Å². The Balaban J connectivity index is 0. The fraction of sp³-hybridized carbons (Fsp3) is 0.857. The Morgan fingerprint density at radius 1 is 0.842 bits per heavy atom. The Morgan fingerprint density at radius 3 is 1.79 bits per heavy atom. The van der Waals surface area contributed by atoms with Crippen molar-refractivity contribution >= 4 is 11.9 Å². The molecule has 5 heteroatoms. The maximum absolute atomic E-state index is 10.7. The molecule has 0 aromatic heterocycles. The van der Waals surface area contributed by atoms with Crippen LogP contribution in [0.5, 0.6) is 0 Å². The molecule has 114 valence electrons. The maximum Gasteiger partial charge on any atom is 0.324 e. The summed E-state index contributed by atoms with van der Waals surface area (Å²) in [5.41, 5.74) is 0. The molecule has 5 nitrogen and oxygen atoms in total. The van der Waals surface area contributed by atoms with Crippen LogP contribution in [0.1, 0.15) is 72.1 Å². The summed E-state index contributed by atoms with van der Waals surface area (Å²) in [5.74, 6) is 3.98. The smallest absolute Gasteiger partial charge is 0.324 e. The summed E-state index contributed by atoms with van der Waals surface area (Å²) in [6, 6.07) is 0. The van der Waals surface area contributed by atoms with Crippen molar-refractivity contribution in [1.82, 2.24) is 0 Å².